The van der Waals surface area contributed by atoms with E-state index in [2.05, 4.69) is 0 Å². The van der Waals surface area contributed by atoms with Gasteiger partial charge in [-0.15, -0.1) is 11.6 Å². The molecule has 1 atom stereocenters. The van der Waals surface area contributed by atoms with E-state index in [0.29, 0.717) is 5.56 Å². The van der Waals surface area contributed by atoms with E-state index >= 15 is 0 Å². The molecule has 0 saturated heterocycles. The van der Waals surface area contributed by atoms with Crippen LogP contribution in [0.5, 0.6) is 5.75 Å². The van der Waals surface area contributed by atoms with Crippen LogP contribution < -0.4 is 4.74 Å². The lowest BCUT2D eigenvalue weighted by Gasteiger charge is -2.11. The Balaban J connectivity index is 2.55. The Morgan fingerprint density at radius 3 is 2.60 bits per heavy atom. The maximum atomic E-state index is 12.1. The molecule has 2 aromatic rings. The highest BCUT2D eigenvalue weighted by molar-refractivity contribution is 6.33. The second-order valence-corrected chi connectivity index (χ2v) is 5.46. The summed E-state index contributed by atoms with van der Waals surface area (Å²) in [5, 5.41) is -0.519. The third-order valence-electron chi connectivity index (χ3n) is 3.37. The number of alkyl halides is 1. The highest BCUT2D eigenvalue weighted by atomic mass is 35.5. The van der Waals surface area contributed by atoms with Crippen LogP contribution in [-0.2, 0) is 0 Å². The molecule has 0 aliphatic heterocycles. The number of nitrogens with zero attached hydrogens (tertiary/aromatic N) is 1. The minimum absolute atomic E-state index is 0.0473. The lowest BCUT2D eigenvalue weighted by atomic mass is 10.1. The second-order valence-electron chi connectivity index (χ2n) is 4.80. The average Bonchev–Trinajstić information content (AvgIpc) is 2.73. The van der Waals surface area contributed by atoms with E-state index in [0.717, 1.165) is 22.8 Å². The van der Waals surface area contributed by atoms with E-state index in [1.165, 1.54) is 0 Å². The molecule has 20 heavy (non-hydrogen) atoms. The number of hydrogen-bond acceptors (Lipinski definition) is 2. The summed E-state index contributed by atoms with van der Waals surface area (Å²) >= 11 is 5.91. The number of aromatic nitrogens is 1. The monoisotopic (exact) mass is 291 g/mol. The number of halogens is 1. The van der Waals surface area contributed by atoms with Crippen LogP contribution in [0.3, 0.4) is 0 Å². The van der Waals surface area contributed by atoms with Gasteiger partial charge in [-0.3, -0.25) is 4.79 Å². The minimum atomic E-state index is -0.519. The van der Waals surface area contributed by atoms with Crippen molar-refractivity contribution in [1.82, 2.24) is 4.57 Å². The van der Waals surface area contributed by atoms with Gasteiger partial charge in [-0.05, 0) is 39.0 Å². The van der Waals surface area contributed by atoms with Crippen molar-refractivity contribution in [3.8, 4) is 11.4 Å². The van der Waals surface area contributed by atoms with Gasteiger partial charge in [-0.2, -0.15) is 0 Å². The number of carbonyl (C=O) groups excluding carboxylic acids is 1. The maximum Gasteiger partial charge on any atom is 0.182 e. The number of ketones is 1. The quantitative estimate of drug-likeness (QED) is 0.632. The Hall–Kier alpha value is -1.74. The molecule has 0 bridgehead atoms. The smallest absolute Gasteiger partial charge is 0.182 e. The highest BCUT2D eigenvalue weighted by Gasteiger charge is 2.20. The minimum Gasteiger partial charge on any atom is -0.497 e. The number of hydrogen-bond donors (Lipinski definition) is 0. The van der Waals surface area contributed by atoms with Crippen molar-refractivity contribution in [2.75, 3.05) is 7.11 Å². The molecule has 0 aliphatic carbocycles. The second kappa shape index (κ2) is 5.71. The molecule has 4 heteroatoms. The Bertz CT molecular complexity index is 644. The fourth-order valence-corrected chi connectivity index (χ4v) is 2.49. The third kappa shape index (κ3) is 2.59. The van der Waals surface area contributed by atoms with Crippen molar-refractivity contribution in [1.29, 1.82) is 0 Å². The van der Waals surface area contributed by atoms with Gasteiger partial charge in [-0.1, -0.05) is 6.07 Å². The summed E-state index contributed by atoms with van der Waals surface area (Å²) in [4.78, 5) is 12.1. The summed E-state index contributed by atoms with van der Waals surface area (Å²) in [5.74, 6) is 0.738. The normalized spacial score (nSPS) is 12.2. The molecule has 0 N–H and O–H groups in total. The molecule has 1 aromatic carbocycles. The van der Waals surface area contributed by atoms with E-state index in [-0.39, 0.29) is 5.78 Å². The van der Waals surface area contributed by atoms with Gasteiger partial charge in [0.15, 0.2) is 5.78 Å². The number of carbonyl (C=O) groups is 1. The molecule has 1 unspecified atom stereocenters. The van der Waals surface area contributed by atoms with Gasteiger partial charge in [0.1, 0.15) is 5.75 Å². The van der Waals surface area contributed by atoms with Crippen molar-refractivity contribution in [2.45, 2.75) is 26.1 Å². The summed E-state index contributed by atoms with van der Waals surface area (Å²) in [5.41, 5.74) is 3.54. The molecule has 0 fully saturated rings. The molecule has 1 aromatic heterocycles. The zero-order valence-electron chi connectivity index (χ0n) is 12.1. The van der Waals surface area contributed by atoms with Crippen molar-refractivity contribution in [3.05, 3.63) is 47.3 Å². The fraction of sp³-hybridized carbons (Fsp3) is 0.312. The van der Waals surface area contributed by atoms with E-state index in [1.807, 2.05) is 48.7 Å². The largest absolute Gasteiger partial charge is 0.497 e. The van der Waals surface area contributed by atoms with Crippen LogP contribution in [0.2, 0.25) is 0 Å². The van der Waals surface area contributed by atoms with Gasteiger partial charge in [-0.25, -0.2) is 0 Å². The molecule has 0 aliphatic rings. The first kappa shape index (κ1) is 14.7. The molecule has 2 rings (SSSR count). The zero-order valence-corrected chi connectivity index (χ0v) is 12.9. The Labute approximate surface area is 124 Å². The number of ether oxygens (including phenoxy) is 1. The third-order valence-corrected chi connectivity index (χ3v) is 3.57. The summed E-state index contributed by atoms with van der Waals surface area (Å²) in [6.45, 7) is 5.60. The summed E-state index contributed by atoms with van der Waals surface area (Å²) in [6, 6.07) is 9.64. The Morgan fingerprint density at radius 2 is 2.00 bits per heavy atom. The predicted octanol–water partition coefficient (Wildman–Crippen LogP) is 3.91. The van der Waals surface area contributed by atoms with Gasteiger partial charge >= 0.3 is 0 Å². The predicted molar refractivity (Wildman–Crippen MR) is 81.4 cm³/mol. The summed E-state index contributed by atoms with van der Waals surface area (Å²) < 4.78 is 7.28. The van der Waals surface area contributed by atoms with Crippen LogP contribution in [-0.4, -0.2) is 22.8 Å². The van der Waals surface area contributed by atoms with Crippen LogP contribution in [0.4, 0.5) is 0 Å². The van der Waals surface area contributed by atoms with Crippen molar-refractivity contribution in [2.24, 2.45) is 0 Å². The topological polar surface area (TPSA) is 31.2 Å². The number of aryl methyl sites for hydroxylation is 1. The maximum absolute atomic E-state index is 12.1. The van der Waals surface area contributed by atoms with Gasteiger partial charge in [0.25, 0.3) is 0 Å². The van der Waals surface area contributed by atoms with Crippen LogP contribution >= 0.6 is 11.6 Å². The Kier molecular flexibility index (Phi) is 4.19. The summed E-state index contributed by atoms with van der Waals surface area (Å²) in [6.07, 6.45) is 0. The number of methoxy groups -OCH3 is 1. The molecular formula is C16H18ClNO2. The highest BCUT2D eigenvalue weighted by Crippen LogP contribution is 2.25. The van der Waals surface area contributed by atoms with E-state index in [1.54, 1.807) is 14.0 Å². The van der Waals surface area contributed by atoms with Gasteiger partial charge in [0, 0.05) is 28.7 Å². The summed E-state index contributed by atoms with van der Waals surface area (Å²) in [7, 11) is 1.64. The van der Waals surface area contributed by atoms with Crippen LogP contribution in [0.25, 0.3) is 5.69 Å². The molecule has 3 nitrogen and oxygen atoms in total. The fourth-order valence-electron chi connectivity index (χ4n) is 2.37. The Morgan fingerprint density at radius 1 is 1.30 bits per heavy atom. The molecule has 0 spiro atoms. The number of rotatable bonds is 4. The van der Waals surface area contributed by atoms with Crippen molar-refractivity contribution in [3.63, 3.8) is 0 Å². The molecular weight excluding hydrogens is 274 g/mol. The molecule has 0 saturated carbocycles. The van der Waals surface area contributed by atoms with E-state index in [9.17, 15) is 4.79 Å². The zero-order chi connectivity index (χ0) is 14.9. The SMILES string of the molecule is COc1cccc(-n2c(C)cc(C(=O)C(C)Cl)c2C)c1. The van der Waals surface area contributed by atoms with Crippen LogP contribution in [0.1, 0.15) is 28.7 Å². The van der Waals surface area contributed by atoms with E-state index < -0.39 is 5.38 Å². The first-order valence-electron chi connectivity index (χ1n) is 6.47. The molecule has 0 radical (unpaired) electrons. The average molecular weight is 292 g/mol. The van der Waals surface area contributed by atoms with Gasteiger partial charge in [0.05, 0.1) is 12.5 Å². The standard InChI is InChI=1S/C16H18ClNO2/c1-10-8-15(16(19)11(2)17)12(3)18(10)13-6-5-7-14(9-13)20-4/h5-9,11H,1-4H3. The van der Waals surface area contributed by atoms with Crippen LogP contribution in [0.15, 0.2) is 30.3 Å². The first-order chi connectivity index (χ1) is 9.45. The number of benzene rings is 1. The van der Waals surface area contributed by atoms with Gasteiger partial charge in [0.2, 0.25) is 0 Å². The van der Waals surface area contributed by atoms with E-state index in [4.69, 9.17) is 16.3 Å². The first-order valence-corrected chi connectivity index (χ1v) is 6.91. The van der Waals surface area contributed by atoms with Crippen LogP contribution in [0, 0.1) is 13.8 Å². The van der Waals surface area contributed by atoms with Crippen molar-refractivity contribution < 1.29 is 9.53 Å². The van der Waals surface area contributed by atoms with Crippen molar-refractivity contribution >= 4 is 17.4 Å². The molecule has 1 heterocycles. The molecule has 106 valence electrons. The number of Topliss-reactive ketones (excluding diaryl/α,β-unsaturated/α-hetero) is 1. The molecule has 0 amide bonds. The lowest BCUT2D eigenvalue weighted by molar-refractivity contribution is 0.0991. The van der Waals surface area contributed by atoms with Gasteiger partial charge < -0.3 is 9.30 Å². The lowest BCUT2D eigenvalue weighted by Crippen LogP contribution is -2.11.